The van der Waals surface area contributed by atoms with E-state index in [4.69, 9.17) is 0 Å². The molecule has 1 amide bonds. The number of carbonyl (C=O) groups is 3. The number of aliphatic carboxylic acids is 1. The van der Waals surface area contributed by atoms with Gasteiger partial charge in [0.25, 0.3) is 0 Å². The zero-order chi connectivity index (χ0) is 19.2. The molecule has 3 heterocycles. The summed E-state index contributed by atoms with van der Waals surface area (Å²) >= 11 is 0. The molecule has 26 heavy (non-hydrogen) atoms. The van der Waals surface area contributed by atoms with Crippen molar-refractivity contribution in [3.63, 3.8) is 0 Å². The second-order valence-electron chi connectivity index (χ2n) is 7.21. The normalized spacial score (nSPS) is 22.1. The Kier molecular flexibility index (Phi) is 4.37. The number of carbonyl (C=O) groups excluding carboxylic acids is 1. The fourth-order valence-corrected chi connectivity index (χ4v) is 4.18. The molecule has 8 nitrogen and oxygen atoms in total. The summed E-state index contributed by atoms with van der Waals surface area (Å²) in [4.78, 5) is 43.3. The van der Waals surface area contributed by atoms with Crippen LogP contribution in [0.3, 0.4) is 0 Å². The van der Waals surface area contributed by atoms with E-state index in [9.17, 15) is 24.6 Å². The van der Waals surface area contributed by atoms with Crippen LogP contribution in [0.4, 0.5) is 5.82 Å². The zero-order valence-electron chi connectivity index (χ0n) is 15.2. The first-order chi connectivity index (χ1) is 12.2. The van der Waals surface area contributed by atoms with Crippen molar-refractivity contribution in [2.24, 2.45) is 5.92 Å². The topological polar surface area (TPSA) is 111 Å². The highest BCUT2D eigenvalue weighted by molar-refractivity contribution is 5.94. The first kappa shape index (κ1) is 18.2. The number of nitrogens with zero attached hydrogens (tertiary/aromatic N) is 3. The number of carboxylic acid groups (broad SMARTS) is 2. The van der Waals surface area contributed by atoms with E-state index >= 15 is 0 Å². The van der Waals surface area contributed by atoms with Crippen LogP contribution < -0.4 is 4.90 Å². The Labute approximate surface area is 151 Å². The molecule has 2 fully saturated rings. The number of pyridine rings is 1. The number of hydrogen-bond donors (Lipinski definition) is 2. The van der Waals surface area contributed by atoms with Crippen LogP contribution in [0.2, 0.25) is 0 Å². The van der Waals surface area contributed by atoms with Gasteiger partial charge in [-0.3, -0.25) is 9.59 Å². The summed E-state index contributed by atoms with van der Waals surface area (Å²) in [5.41, 5.74) is 1.02. The second-order valence-corrected chi connectivity index (χ2v) is 7.21. The molecule has 0 saturated carbocycles. The third-order valence-electron chi connectivity index (χ3n) is 5.97. The van der Waals surface area contributed by atoms with E-state index in [0.29, 0.717) is 31.7 Å². The molecule has 2 N–H and O–H groups in total. The summed E-state index contributed by atoms with van der Waals surface area (Å²) < 4.78 is 0. The first-order valence-corrected chi connectivity index (χ1v) is 8.63. The molecule has 1 atom stereocenters. The van der Waals surface area contributed by atoms with Crippen LogP contribution in [0.15, 0.2) is 6.07 Å². The van der Waals surface area contributed by atoms with Crippen molar-refractivity contribution >= 4 is 23.7 Å². The number of likely N-dealkylation sites (tertiary alicyclic amines) is 1. The fourth-order valence-electron chi connectivity index (χ4n) is 4.18. The van der Waals surface area contributed by atoms with Gasteiger partial charge in [0.05, 0.1) is 11.5 Å². The Hall–Kier alpha value is -2.64. The summed E-state index contributed by atoms with van der Waals surface area (Å²) in [6.45, 7) is 4.56. The van der Waals surface area contributed by atoms with Crippen LogP contribution in [0.5, 0.6) is 0 Å². The molecule has 0 unspecified atom stereocenters. The quantitative estimate of drug-likeness (QED) is 0.834. The summed E-state index contributed by atoms with van der Waals surface area (Å²) in [6.07, 6.45) is 0.966. The number of rotatable bonds is 3. The van der Waals surface area contributed by atoms with Gasteiger partial charge in [-0.05, 0) is 38.3 Å². The lowest BCUT2D eigenvalue weighted by atomic mass is 9.77. The molecule has 140 valence electrons. The highest BCUT2D eigenvalue weighted by atomic mass is 16.4. The molecule has 2 aliphatic rings. The number of aryl methyl sites for hydroxylation is 2. The van der Waals surface area contributed by atoms with Gasteiger partial charge in [-0.25, -0.2) is 9.78 Å². The van der Waals surface area contributed by atoms with Crippen molar-refractivity contribution in [1.29, 1.82) is 0 Å². The summed E-state index contributed by atoms with van der Waals surface area (Å²) in [6, 6.07) is 1.62. The van der Waals surface area contributed by atoms with Gasteiger partial charge in [0.1, 0.15) is 11.4 Å². The lowest BCUT2D eigenvalue weighted by molar-refractivity contribution is -0.145. The number of amides is 1. The molecule has 8 heteroatoms. The molecule has 1 aromatic heterocycles. The standard InChI is InChI=1S/C18H23N3O5/c1-10-8-12(16(23)24)15(19-11(10)2)21-6-4-18(5-7-21)13(17(25)26)9-14(22)20(18)3/h8,13H,4-7,9H2,1-3H3,(H,23,24)(H,25,26)/t13-/m0/s1. The van der Waals surface area contributed by atoms with Crippen molar-refractivity contribution in [1.82, 2.24) is 9.88 Å². The van der Waals surface area contributed by atoms with Gasteiger partial charge in [-0.2, -0.15) is 0 Å². The molecule has 0 aromatic carbocycles. The first-order valence-electron chi connectivity index (χ1n) is 8.63. The molecule has 0 bridgehead atoms. The Balaban J connectivity index is 1.89. The molecule has 3 rings (SSSR count). The summed E-state index contributed by atoms with van der Waals surface area (Å²) in [5, 5.41) is 19.1. The predicted octanol–water partition coefficient (Wildman–Crippen LogP) is 1.30. The number of anilines is 1. The van der Waals surface area contributed by atoms with Crippen molar-refractivity contribution in [3.05, 3.63) is 22.9 Å². The van der Waals surface area contributed by atoms with Crippen LogP contribution >= 0.6 is 0 Å². The molecular formula is C18H23N3O5. The molecule has 0 radical (unpaired) electrons. The average molecular weight is 361 g/mol. The van der Waals surface area contributed by atoms with E-state index < -0.39 is 23.4 Å². The Morgan fingerprint density at radius 1 is 1.23 bits per heavy atom. The fraction of sp³-hybridized carbons (Fsp3) is 0.556. The molecule has 2 saturated heterocycles. The predicted molar refractivity (Wildman–Crippen MR) is 93.4 cm³/mol. The minimum absolute atomic E-state index is 0.0219. The zero-order valence-corrected chi connectivity index (χ0v) is 15.2. The maximum Gasteiger partial charge on any atom is 0.339 e. The molecule has 0 aliphatic carbocycles. The Bertz CT molecular complexity index is 783. The van der Waals surface area contributed by atoms with Gasteiger partial charge in [0.15, 0.2) is 0 Å². The number of aromatic carboxylic acids is 1. The highest BCUT2D eigenvalue weighted by Crippen LogP contribution is 2.43. The Morgan fingerprint density at radius 3 is 2.38 bits per heavy atom. The van der Waals surface area contributed by atoms with Gasteiger partial charge in [-0.1, -0.05) is 0 Å². The van der Waals surface area contributed by atoms with E-state index in [1.54, 1.807) is 18.0 Å². The third kappa shape index (κ3) is 2.69. The SMILES string of the molecule is Cc1cc(C(=O)O)c(N2CCC3(CC2)[C@H](C(=O)O)CC(=O)N3C)nc1C. The largest absolute Gasteiger partial charge is 0.481 e. The summed E-state index contributed by atoms with van der Waals surface area (Å²) in [5.74, 6) is -2.45. The molecule has 1 aromatic rings. The van der Waals surface area contributed by atoms with Crippen molar-refractivity contribution in [2.75, 3.05) is 25.0 Å². The Morgan fingerprint density at radius 2 is 1.85 bits per heavy atom. The van der Waals surface area contributed by atoms with Gasteiger partial charge in [-0.15, -0.1) is 0 Å². The van der Waals surface area contributed by atoms with Gasteiger partial charge in [0.2, 0.25) is 5.91 Å². The number of piperidine rings is 1. The van der Waals surface area contributed by atoms with Crippen LogP contribution in [-0.4, -0.2) is 63.6 Å². The van der Waals surface area contributed by atoms with E-state index in [1.807, 2.05) is 18.7 Å². The van der Waals surface area contributed by atoms with E-state index in [1.165, 1.54) is 0 Å². The number of carboxylic acids is 2. The third-order valence-corrected chi connectivity index (χ3v) is 5.97. The van der Waals surface area contributed by atoms with Crippen molar-refractivity contribution in [2.45, 2.75) is 38.6 Å². The second kappa shape index (κ2) is 6.26. The number of aromatic nitrogens is 1. The van der Waals surface area contributed by atoms with Crippen LogP contribution in [0.1, 0.15) is 40.9 Å². The van der Waals surface area contributed by atoms with Crippen LogP contribution in [-0.2, 0) is 9.59 Å². The van der Waals surface area contributed by atoms with Gasteiger partial charge < -0.3 is 20.0 Å². The minimum Gasteiger partial charge on any atom is -0.481 e. The smallest absolute Gasteiger partial charge is 0.339 e. The minimum atomic E-state index is -1.03. The maximum atomic E-state index is 12.1. The molecule has 1 spiro atoms. The lowest BCUT2D eigenvalue weighted by Gasteiger charge is -2.46. The van der Waals surface area contributed by atoms with E-state index in [-0.39, 0.29) is 17.9 Å². The van der Waals surface area contributed by atoms with Gasteiger partial charge >= 0.3 is 11.9 Å². The van der Waals surface area contributed by atoms with E-state index in [2.05, 4.69) is 4.98 Å². The highest BCUT2D eigenvalue weighted by Gasteiger charge is 2.55. The van der Waals surface area contributed by atoms with E-state index in [0.717, 1.165) is 11.3 Å². The maximum absolute atomic E-state index is 12.1. The monoisotopic (exact) mass is 361 g/mol. The number of hydrogen-bond acceptors (Lipinski definition) is 5. The molecule has 2 aliphatic heterocycles. The van der Waals surface area contributed by atoms with Crippen molar-refractivity contribution < 1.29 is 24.6 Å². The summed E-state index contributed by atoms with van der Waals surface area (Å²) in [7, 11) is 1.66. The van der Waals surface area contributed by atoms with Gasteiger partial charge in [0, 0.05) is 32.3 Å². The van der Waals surface area contributed by atoms with Crippen LogP contribution in [0.25, 0.3) is 0 Å². The average Bonchev–Trinajstić information content (AvgIpc) is 2.83. The molecular weight excluding hydrogens is 338 g/mol. The van der Waals surface area contributed by atoms with Crippen molar-refractivity contribution in [3.8, 4) is 0 Å². The lowest BCUT2D eigenvalue weighted by Crippen LogP contribution is -2.56. The van der Waals surface area contributed by atoms with Crippen LogP contribution in [0, 0.1) is 19.8 Å².